The van der Waals surface area contributed by atoms with Gasteiger partial charge in [-0.15, -0.1) is 0 Å². The van der Waals surface area contributed by atoms with Gasteiger partial charge in [-0.25, -0.2) is 4.85 Å². The Morgan fingerprint density at radius 3 is 1.38 bits per heavy atom. The lowest BCUT2D eigenvalue weighted by Crippen LogP contribution is -2.32. The van der Waals surface area contributed by atoms with Crippen molar-refractivity contribution in [2.45, 2.75) is 15.2 Å². The lowest BCUT2D eigenvalue weighted by atomic mass is 9.67. The van der Waals surface area contributed by atoms with E-state index in [1.807, 2.05) is 36.3 Å². The van der Waals surface area contributed by atoms with Crippen LogP contribution in [0.4, 0.5) is 5.69 Å². The normalized spacial score (nSPS) is 13.2. The molecule has 1 aliphatic heterocycles. The highest BCUT2D eigenvalue weighted by Gasteiger charge is 2.51. The van der Waals surface area contributed by atoms with Gasteiger partial charge in [0.2, 0.25) is 0 Å². The Bertz CT molecular complexity index is 4590. The zero-order valence-electron chi connectivity index (χ0n) is 39.0. The first-order valence-electron chi connectivity index (χ1n) is 24.6. The number of rotatable bonds is 4. The summed E-state index contributed by atoms with van der Waals surface area (Å²) in [6, 6.07) is 79.2. The molecular weight excluding hydrogens is 909 g/mol. The summed E-state index contributed by atoms with van der Waals surface area (Å²) in [6.45, 7) is 8.00. The molecule has 1 spiro atoms. The van der Waals surface area contributed by atoms with E-state index in [0.29, 0.717) is 5.69 Å². The zero-order chi connectivity index (χ0) is 47.9. The van der Waals surface area contributed by atoms with Gasteiger partial charge in [-0.3, -0.25) is 9.97 Å². The van der Waals surface area contributed by atoms with E-state index < -0.39 is 5.41 Å². The third-order valence-electron chi connectivity index (χ3n) is 15.6. The maximum absolute atomic E-state index is 8.00. The SMILES string of the molecule is [C-]#[N+]c1ccc2c(c1)c1cc(-c3ccc4c(c3)Sc3ccc(-n5c6ccccc6c6ccccc65)cc3C43c4cccnc4-c4ncccc43)ccc1n2-c1ccc(-n2c3ccccc3c3ccccc32)cc1. The van der Waals surface area contributed by atoms with Crippen LogP contribution in [0.3, 0.4) is 0 Å². The minimum atomic E-state index is -0.666. The van der Waals surface area contributed by atoms with E-state index in [2.05, 4.69) is 225 Å². The molecule has 14 aromatic rings. The third-order valence-corrected chi connectivity index (χ3v) is 16.7. The summed E-state index contributed by atoms with van der Waals surface area (Å²) in [5, 5.41) is 7.11. The maximum atomic E-state index is 8.00. The van der Waals surface area contributed by atoms with Crippen molar-refractivity contribution in [2.24, 2.45) is 0 Å². The zero-order valence-corrected chi connectivity index (χ0v) is 39.8. The summed E-state index contributed by atoms with van der Waals surface area (Å²) in [6.07, 6.45) is 3.78. The van der Waals surface area contributed by atoms with Crippen LogP contribution in [0.25, 0.3) is 110 Å². The van der Waals surface area contributed by atoms with Gasteiger partial charge in [0.05, 0.1) is 56.5 Å². The van der Waals surface area contributed by atoms with E-state index in [1.165, 1.54) is 64.5 Å². The molecule has 0 unspecified atom stereocenters. The van der Waals surface area contributed by atoms with Gasteiger partial charge in [0.15, 0.2) is 5.69 Å². The molecule has 2 aliphatic rings. The number of benzene rings is 9. The number of fused-ring (bicyclic) bond motifs is 18. The van der Waals surface area contributed by atoms with E-state index >= 15 is 0 Å². The van der Waals surface area contributed by atoms with Gasteiger partial charge in [0.25, 0.3) is 0 Å². The summed E-state index contributed by atoms with van der Waals surface area (Å²) >= 11 is 1.84. The molecule has 7 heteroatoms. The summed E-state index contributed by atoms with van der Waals surface area (Å²) in [7, 11) is 0. The number of para-hydroxylation sites is 4. The topological polar surface area (TPSA) is 44.9 Å². The maximum Gasteiger partial charge on any atom is 0.188 e. The standard InChI is InChI=1S/C66H38N6S/c1-67-42-24-32-61-51(38-42)50-36-40(23-31-60(50)71(61)44-27-25-43(26-28-44)70-56-18-6-2-12-46(56)47-13-3-7-19-57(47)70)41-22-30-52-63(37-41)73-62-33-29-45(72-58-20-8-4-14-48(58)49-15-5-9-21-59(49)72)39-55(62)66(52)53-16-10-34-68-64(53)65-54(66)17-11-35-69-65/h2-39H. The van der Waals surface area contributed by atoms with Crippen LogP contribution in [-0.4, -0.2) is 23.7 Å². The van der Waals surface area contributed by atoms with Crippen LogP contribution in [0.5, 0.6) is 0 Å². The van der Waals surface area contributed by atoms with Crippen molar-refractivity contribution in [2.75, 3.05) is 0 Å². The van der Waals surface area contributed by atoms with Gasteiger partial charge < -0.3 is 13.7 Å². The Labute approximate surface area is 423 Å². The van der Waals surface area contributed by atoms with Gasteiger partial charge in [0.1, 0.15) is 0 Å². The van der Waals surface area contributed by atoms with Crippen LogP contribution in [-0.2, 0) is 5.41 Å². The van der Waals surface area contributed by atoms with E-state index in [-0.39, 0.29) is 0 Å². The lowest BCUT2D eigenvalue weighted by molar-refractivity contribution is 0.718. The Morgan fingerprint density at radius 2 is 0.822 bits per heavy atom. The average Bonchev–Trinajstić information content (AvgIpc) is 4.19. The Balaban J connectivity index is 0.858. The van der Waals surface area contributed by atoms with E-state index in [0.717, 1.165) is 72.5 Å². The fourth-order valence-corrected chi connectivity index (χ4v) is 13.8. The molecule has 0 radical (unpaired) electrons. The molecule has 9 aromatic carbocycles. The lowest BCUT2D eigenvalue weighted by Gasteiger charge is -2.39. The van der Waals surface area contributed by atoms with E-state index in [1.54, 1.807) is 0 Å². The first kappa shape index (κ1) is 40.3. The van der Waals surface area contributed by atoms with E-state index in [4.69, 9.17) is 16.5 Å². The molecule has 0 saturated carbocycles. The minimum absolute atomic E-state index is 0.621. The summed E-state index contributed by atoms with van der Waals surface area (Å²) < 4.78 is 7.11. The number of nitrogens with zero attached hydrogens (tertiary/aromatic N) is 6. The number of pyridine rings is 2. The molecule has 6 nitrogen and oxygen atoms in total. The molecule has 0 bridgehead atoms. The predicted octanol–water partition coefficient (Wildman–Crippen LogP) is 16.8. The second kappa shape index (κ2) is 15.0. The summed E-state index contributed by atoms with van der Waals surface area (Å²) in [4.78, 5) is 16.4. The van der Waals surface area contributed by atoms with Gasteiger partial charge in [-0.2, -0.15) is 0 Å². The summed E-state index contributed by atoms with van der Waals surface area (Å²) in [5.74, 6) is 0. The molecule has 0 fully saturated rings. The summed E-state index contributed by atoms with van der Waals surface area (Å²) in [5.41, 5.74) is 18.9. The molecule has 1 aliphatic carbocycles. The Kier molecular flexibility index (Phi) is 8.28. The molecule has 73 heavy (non-hydrogen) atoms. The molecule has 6 heterocycles. The largest absolute Gasteiger partial charge is 0.309 e. The van der Waals surface area contributed by atoms with Gasteiger partial charge in [-0.05, 0) is 148 Å². The highest BCUT2D eigenvalue weighted by Crippen LogP contribution is 2.62. The van der Waals surface area contributed by atoms with Crippen LogP contribution < -0.4 is 0 Å². The van der Waals surface area contributed by atoms with Crippen LogP contribution in [0.2, 0.25) is 0 Å². The fourth-order valence-electron chi connectivity index (χ4n) is 12.6. The second-order valence-corrected chi connectivity index (χ2v) is 20.3. The van der Waals surface area contributed by atoms with Gasteiger partial charge in [0, 0.05) is 66.2 Å². The fraction of sp³-hybridized carbons (Fsp3) is 0.0152. The number of hydrogen-bond acceptors (Lipinski definition) is 3. The Hall–Kier alpha value is -9.48. The van der Waals surface area contributed by atoms with Crippen molar-refractivity contribution in [1.29, 1.82) is 0 Å². The average molecular weight is 947 g/mol. The van der Waals surface area contributed by atoms with Crippen molar-refractivity contribution in [3.63, 3.8) is 0 Å². The molecule has 16 rings (SSSR count). The highest BCUT2D eigenvalue weighted by molar-refractivity contribution is 7.99. The molecule has 0 saturated heterocycles. The van der Waals surface area contributed by atoms with Crippen molar-refractivity contribution in [3.8, 4) is 39.6 Å². The number of hydrogen-bond donors (Lipinski definition) is 0. The Morgan fingerprint density at radius 1 is 0.356 bits per heavy atom. The van der Waals surface area contributed by atoms with Gasteiger partial charge >= 0.3 is 0 Å². The van der Waals surface area contributed by atoms with Crippen LogP contribution in [0.15, 0.2) is 241 Å². The number of aromatic nitrogens is 5. The van der Waals surface area contributed by atoms with Crippen LogP contribution in [0.1, 0.15) is 22.3 Å². The molecule has 338 valence electrons. The molecule has 0 amide bonds. The molecule has 0 N–H and O–H groups in total. The van der Waals surface area contributed by atoms with Gasteiger partial charge in [-0.1, -0.05) is 121 Å². The highest BCUT2D eigenvalue weighted by atomic mass is 32.2. The first-order valence-corrected chi connectivity index (χ1v) is 25.4. The molecular formula is C66H38N6S. The monoisotopic (exact) mass is 946 g/mol. The first-order chi connectivity index (χ1) is 36.2. The molecule has 5 aromatic heterocycles. The quantitative estimate of drug-likeness (QED) is 0.165. The van der Waals surface area contributed by atoms with E-state index in [9.17, 15) is 0 Å². The van der Waals surface area contributed by atoms with Crippen molar-refractivity contribution in [3.05, 3.63) is 264 Å². The van der Waals surface area contributed by atoms with Crippen molar-refractivity contribution < 1.29 is 0 Å². The smallest absolute Gasteiger partial charge is 0.188 e. The van der Waals surface area contributed by atoms with Crippen molar-refractivity contribution >= 4 is 82.9 Å². The predicted molar refractivity (Wildman–Crippen MR) is 298 cm³/mol. The molecule has 0 atom stereocenters. The minimum Gasteiger partial charge on any atom is -0.309 e. The van der Waals surface area contributed by atoms with Crippen LogP contribution in [0, 0.1) is 6.57 Å². The second-order valence-electron chi connectivity index (χ2n) is 19.2. The van der Waals surface area contributed by atoms with Crippen LogP contribution >= 0.6 is 11.8 Å². The van der Waals surface area contributed by atoms with Crippen molar-refractivity contribution in [1.82, 2.24) is 23.7 Å². The third kappa shape index (κ3) is 5.47.